The highest BCUT2D eigenvalue weighted by atomic mass is 19.1. The van der Waals surface area contributed by atoms with E-state index in [0.29, 0.717) is 30.8 Å². The molecule has 3 rings (SSSR count). The van der Waals surface area contributed by atoms with Gasteiger partial charge in [-0.05, 0) is 29.8 Å². The fourth-order valence-corrected chi connectivity index (χ4v) is 2.88. The Hall–Kier alpha value is -2.40. The number of nitrogens with one attached hydrogen (secondary N) is 2. The molecule has 23 heavy (non-hydrogen) atoms. The summed E-state index contributed by atoms with van der Waals surface area (Å²) in [6.07, 6.45) is 0.435. The number of hydrogen-bond acceptors (Lipinski definition) is 3. The summed E-state index contributed by atoms with van der Waals surface area (Å²) in [4.78, 5) is 11.8. The third-order valence-electron chi connectivity index (χ3n) is 4.07. The van der Waals surface area contributed by atoms with Crippen LogP contribution in [-0.2, 0) is 11.3 Å². The first-order valence-electron chi connectivity index (χ1n) is 7.59. The third kappa shape index (κ3) is 3.51. The van der Waals surface area contributed by atoms with Gasteiger partial charge in [0.05, 0.1) is 7.11 Å². The van der Waals surface area contributed by atoms with Gasteiger partial charge in [-0.2, -0.15) is 0 Å². The fourth-order valence-electron chi connectivity index (χ4n) is 2.88. The minimum atomic E-state index is -0.264. The van der Waals surface area contributed by atoms with Gasteiger partial charge < -0.3 is 15.4 Å². The number of fused-ring (bicyclic) bond motifs is 1. The van der Waals surface area contributed by atoms with E-state index in [1.807, 2.05) is 24.3 Å². The summed E-state index contributed by atoms with van der Waals surface area (Å²) in [5, 5.41) is 6.13. The van der Waals surface area contributed by atoms with E-state index in [-0.39, 0.29) is 17.6 Å². The molecule has 0 saturated carbocycles. The van der Waals surface area contributed by atoms with Crippen molar-refractivity contribution in [1.82, 2.24) is 5.32 Å². The first kappa shape index (κ1) is 15.5. The molecule has 1 aliphatic rings. The maximum Gasteiger partial charge on any atom is 0.225 e. The van der Waals surface area contributed by atoms with Crippen LogP contribution in [0.3, 0.4) is 0 Å². The standard InChI is InChI=1S/C18H19FN2O2/c1-23-14-6-7-16(19)13(8-14)11-20-10-12-9-18(22)21-17-5-3-2-4-15(12)17/h2-8,12,20H,9-11H2,1H3,(H,21,22). The van der Waals surface area contributed by atoms with Gasteiger partial charge in [-0.3, -0.25) is 4.79 Å². The monoisotopic (exact) mass is 314 g/mol. The second-order valence-electron chi connectivity index (χ2n) is 5.62. The molecule has 2 aromatic carbocycles. The van der Waals surface area contributed by atoms with Gasteiger partial charge in [0.1, 0.15) is 11.6 Å². The number of para-hydroxylation sites is 1. The van der Waals surface area contributed by atoms with Crippen LogP contribution in [0.1, 0.15) is 23.5 Å². The normalized spacial score (nSPS) is 16.6. The summed E-state index contributed by atoms with van der Waals surface area (Å²) in [5.74, 6) is 0.474. The number of carbonyl (C=O) groups is 1. The zero-order valence-corrected chi connectivity index (χ0v) is 12.9. The maximum atomic E-state index is 13.8. The van der Waals surface area contributed by atoms with E-state index < -0.39 is 0 Å². The molecule has 5 heteroatoms. The highest BCUT2D eigenvalue weighted by molar-refractivity contribution is 5.94. The van der Waals surface area contributed by atoms with Gasteiger partial charge in [-0.15, -0.1) is 0 Å². The van der Waals surface area contributed by atoms with E-state index in [4.69, 9.17) is 4.74 Å². The molecule has 1 unspecified atom stereocenters. The van der Waals surface area contributed by atoms with Crippen molar-refractivity contribution in [2.45, 2.75) is 18.9 Å². The molecule has 1 aliphatic heterocycles. The van der Waals surface area contributed by atoms with Gasteiger partial charge >= 0.3 is 0 Å². The van der Waals surface area contributed by atoms with Crippen molar-refractivity contribution in [1.29, 1.82) is 0 Å². The Kier molecular flexibility index (Phi) is 4.57. The second kappa shape index (κ2) is 6.79. The van der Waals surface area contributed by atoms with Crippen LogP contribution >= 0.6 is 0 Å². The quantitative estimate of drug-likeness (QED) is 0.892. The van der Waals surface area contributed by atoms with E-state index in [1.54, 1.807) is 19.2 Å². The molecule has 0 saturated heterocycles. The van der Waals surface area contributed by atoms with Gasteiger partial charge in [0, 0.05) is 36.7 Å². The lowest BCUT2D eigenvalue weighted by atomic mass is 9.90. The van der Waals surface area contributed by atoms with Crippen molar-refractivity contribution in [3.8, 4) is 5.75 Å². The predicted octanol–water partition coefficient (Wildman–Crippen LogP) is 3.05. The lowest BCUT2D eigenvalue weighted by molar-refractivity contribution is -0.116. The molecule has 0 spiro atoms. The van der Waals surface area contributed by atoms with Gasteiger partial charge in [-0.25, -0.2) is 4.39 Å². The van der Waals surface area contributed by atoms with Crippen LogP contribution < -0.4 is 15.4 Å². The third-order valence-corrected chi connectivity index (χ3v) is 4.07. The Morgan fingerprint density at radius 1 is 1.30 bits per heavy atom. The van der Waals surface area contributed by atoms with Crippen LogP contribution in [0.2, 0.25) is 0 Å². The minimum Gasteiger partial charge on any atom is -0.497 e. The number of carbonyl (C=O) groups excluding carboxylic acids is 1. The molecule has 1 heterocycles. The topological polar surface area (TPSA) is 50.4 Å². The van der Waals surface area contributed by atoms with E-state index in [0.717, 1.165) is 11.3 Å². The van der Waals surface area contributed by atoms with Gasteiger partial charge in [0.15, 0.2) is 0 Å². The molecular weight excluding hydrogens is 295 g/mol. The molecule has 120 valence electrons. The molecule has 2 aromatic rings. The van der Waals surface area contributed by atoms with Gasteiger partial charge in [-0.1, -0.05) is 18.2 Å². The number of hydrogen-bond donors (Lipinski definition) is 2. The zero-order valence-electron chi connectivity index (χ0n) is 12.9. The lowest BCUT2D eigenvalue weighted by Crippen LogP contribution is -2.29. The Labute approximate surface area is 134 Å². The zero-order chi connectivity index (χ0) is 16.2. The SMILES string of the molecule is COc1ccc(F)c(CNCC2CC(=O)Nc3ccccc32)c1. The number of ether oxygens (including phenoxy) is 1. The predicted molar refractivity (Wildman–Crippen MR) is 87.1 cm³/mol. The van der Waals surface area contributed by atoms with Crippen molar-refractivity contribution in [3.63, 3.8) is 0 Å². The van der Waals surface area contributed by atoms with Crippen LogP contribution in [0.4, 0.5) is 10.1 Å². The summed E-state index contributed by atoms with van der Waals surface area (Å²) >= 11 is 0. The first-order valence-corrected chi connectivity index (χ1v) is 7.59. The van der Waals surface area contributed by atoms with Crippen molar-refractivity contribution in [3.05, 3.63) is 59.4 Å². The summed E-state index contributed by atoms with van der Waals surface area (Å²) in [5.41, 5.74) is 2.53. The van der Waals surface area contributed by atoms with E-state index in [2.05, 4.69) is 10.6 Å². The number of methoxy groups -OCH3 is 1. The number of halogens is 1. The largest absolute Gasteiger partial charge is 0.497 e. The van der Waals surface area contributed by atoms with Gasteiger partial charge in [0.25, 0.3) is 0 Å². The fraction of sp³-hybridized carbons (Fsp3) is 0.278. The number of amides is 1. The van der Waals surface area contributed by atoms with Gasteiger partial charge in [0.2, 0.25) is 5.91 Å². The van der Waals surface area contributed by atoms with Crippen LogP contribution in [0.15, 0.2) is 42.5 Å². The molecule has 0 aromatic heterocycles. The molecule has 4 nitrogen and oxygen atoms in total. The van der Waals surface area contributed by atoms with Crippen molar-refractivity contribution in [2.75, 3.05) is 19.0 Å². The Morgan fingerprint density at radius 2 is 2.13 bits per heavy atom. The Bertz CT molecular complexity index is 718. The molecule has 0 fully saturated rings. The molecule has 0 bridgehead atoms. The van der Waals surface area contributed by atoms with E-state index >= 15 is 0 Å². The first-order chi connectivity index (χ1) is 11.2. The van der Waals surface area contributed by atoms with E-state index in [1.165, 1.54) is 6.07 Å². The van der Waals surface area contributed by atoms with Crippen LogP contribution in [0, 0.1) is 5.82 Å². The summed E-state index contributed by atoms with van der Waals surface area (Å²) in [7, 11) is 1.56. The molecule has 1 amide bonds. The molecular formula is C18H19FN2O2. The van der Waals surface area contributed by atoms with Crippen LogP contribution in [-0.4, -0.2) is 19.6 Å². The average molecular weight is 314 g/mol. The summed E-state index contributed by atoms with van der Waals surface area (Å²) in [6, 6.07) is 12.5. The summed E-state index contributed by atoms with van der Waals surface area (Å²) in [6.45, 7) is 1.00. The minimum absolute atomic E-state index is 0.0167. The summed E-state index contributed by atoms with van der Waals surface area (Å²) < 4.78 is 18.9. The number of rotatable bonds is 5. The van der Waals surface area contributed by atoms with Crippen molar-refractivity contribution in [2.24, 2.45) is 0 Å². The number of anilines is 1. The Morgan fingerprint density at radius 3 is 2.96 bits per heavy atom. The smallest absolute Gasteiger partial charge is 0.225 e. The molecule has 2 N–H and O–H groups in total. The average Bonchev–Trinajstić information content (AvgIpc) is 2.56. The molecule has 1 atom stereocenters. The van der Waals surface area contributed by atoms with E-state index in [9.17, 15) is 9.18 Å². The lowest BCUT2D eigenvalue weighted by Gasteiger charge is -2.25. The van der Waals surface area contributed by atoms with Crippen LogP contribution in [0.25, 0.3) is 0 Å². The molecule has 0 aliphatic carbocycles. The Balaban J connectivity index is 1.66. The van der Waals surface area contributed by atoms with Crippen molar-refractivity contribution < 1.29 is 13.9 Å². The second-order valence-corrected chi connectivity index (χ2v) is 5.62. The highest BCUT2D eigenvalue weighted by Gasteiger charge is 2.24. The highest BCUT2D eigenvalue weighted by Crippen LogP contribution is 2.31. The molecule has 0 radical (unpaired) electrons. The maximum absolute atomic E-state index is 13.8. The van der Waals surface area contributed by atoms with Crippen LogP contribution in [0.5, 0.6) is 5.75 Å². The number of benzene rings is 2. The van der Waals surface area contributed by atoms with Crippen molar-refractivity contribution >= 4 is 11.6 Å².